The number of hydrogen-bond donors (Lipinski definition) is 9. The predicted molar refractivity (Wildman–Crippen MR) is 484 cm³/mol. The van der Waals surface area contributed by atoms with Gasteiger partial charge in [-0.05, 0) is 151 Å². The van der Waals surface area contributed by atoms with Gasteiger partial charge >= 0.3 is 0 Å². The summed E-state index contributed by atoms with van der Waals surface area (Å²) in [5, 5.41) is 64.4. The number of amides is 4. The van der Waals surface area contributed by atoms with E-state index in [1.807, 2.05) is 30.3 Å². The minimum Gasteiger partial charge on any atom is -0.392 e. The number of hydroxylamine groups is 4. The first-order valence-corrected chi connectivity index (χ1v) is 51.2. The number of aromatic nitrogens is 1. The fourth-order valence-corrected chi connectivity index (χ4v) is 18.3. The summed E-state index contributed by atoms with van der Waals surface area (Å²) in [7, 11) is -19.0. The Morgan fingerprint density at radius 3 is 1.08 bits per heavy atom. The Kier molecular flexibility index (Phi) is 36.5. The van der Waals surface area contributed by atoms with E-state index in [2.05, 4.69) is 85.0 Å². The van der Waals surface area contributed by atoms with Gasteiger partial charge in [-0.15, -0.1) is 5.92 Å². The number of hydrogen-bond acceptors (Lipinski definition) is 31. The summed E-state index contributed by atoms with van der Waals surface area (Å²) in [6, 6.07) is 27.9. The third-order valence-electron chi connectivity index (χ3n) is 23.3. The molecule has 9 N–H and O–H groups in total. The molecule has 2 aliphatic carbocycles. The number of ketones is 1. The van der Waals surface area contributed by atoms with Gasteiger partial charge in [0.25, 0.3) is 23.6 Å². The zero-order valence-corrected chi connectivity index (χ0v) is 79.1. The van der Waals surface area contributed by atoms with Gasteiger partial charge in [-0.25, -0.2) is 72.8 Å². The summed E-state index contributed by atoms with van der Waals surface area (Å²) in [5.74, 6) is 18.3. The fraction of sp³-hybridized carbons (Fsp3) is 0.478. The molecular formula is C90H107F3N10O25S5. The lowest BCUT2D eigenvalue weighted by Gasteiger charge is -2.27. The van der Waals surface area contributed by atoms with Crippen molar-refractivity contribution in [1.29, 1.82) is 0 Å². The van der Waals surface area contributed by atoms with Crippen LogP contribution in [0.4, 0.5) is 13.2 Å². The highest BCUT2D eigenvalue weighted by molar-refractivity contribution is 7.94. The van der Waals surface area contributed by atoms with Crippen LogP contribution >= 0.6 is 0 Å². The number of nitrogens with zero attached hydrogens (tertiary/aromatic N) is 6. The average molecular weight is 1950 g/mol. The molecular weight excluding hydrogens is 1840 g/mol. The van der Waals surface area contributed by atoms with Crippen LogP contribution in [0.2, 0.25) is 0 Å². The molecule has 6 unspecified atom stereocenters. The van der Waals surface area contributed by atoms with E-state index in [1.54, 1.807) is 61.7 Å². The fourth-order valence-electron chi connectivity index (χ4n) is 13.8. The normalized spacial score (nSPS) is 19.9. The van der Waals surface area contributed by atoms with Crippen molar-refractivity contribution in [2.24, 2.45) is 37.6 Å². The van der Waals surface area contributed by atoms with E-state index in [0.717, 1.165) is 92.1 Å². The number of aliphatic hydroxyl groups is 1. The van der Waals surface area contributed by atoms with Crippen LogP contribution in [0, 0.1) is 70.8 Å². The molecule has 4 amide bonds. The van der Waals surface area contributed by atoms with E-state index in [-0.39, 0.29) is 62.5 Å². The molecule has 5 aromatic rings. The van der Waals surface area contributed by atoms with Crippen LogP contribution in [-0.4, -0.2) is 230 Å². The minimum absolute atomic E-state index is 0.0922. The molecule has 1 aromatic heterocycles. The standard InChI is InChI=1S/C19H21FN2O5S.C19H22FNO5S.C18H21N3O5S.C17H19FN2O5S.C17H24N2O5S/c1-19(18(23)21-24,28(2,25)26)11-14-10-17(22-27-14)15-8-7-13(9-16(15)20)6-5-12-3-4-12;1-19(18(23)13-22,27(2,24)25)12-16-11-17(21-26-16)15-8-6-14(7-9-15)5-3-4-10-20;1-18(17(22)20-23,27(2,24)25)10-14-9-16(21-26-14)15-8-7-13(11-19-15)6-5-12-3-4-12;1-4-5-11-6-7-13(14(18)8-11)15-9-12(25-20-15)10-17(2,16(21)19-22)26(3,23)24;1-4-5-12-6-8-13(9-7-12)15-10-14(24-19-15)11-17(2,16(20)18-21)25(3,22)23/h7-9,12,14,24H,3-4,10-11H2,1-2H3,(H,21,23);6-9,16,22H,4,10-13H2,1-2H3;7-8,11-12,14,23H,3-4,9-10H2,1-2H3,(H,20,22);6-8,12,22H,9-10H2,1-3H3,(H,19,21);6-9,14,21H,4-5,10-11H2,1-3H3,(H,18,20)/t;16-,19-;;;14-,17-/m.1..1/s1. The number of carbonyl (C=O) groups is 5. The van der Waals surface area contributed by atoms with Crippen molar-refractivity contribution in [2.75, 3.05) is 44.6 Å². The third-order valence-corrected chi connectivity index (χ3v) is 33.3. The zero-order chi connectivity index (χ0) is 98.5. The van der Waals surface area contributed by atoms with Gasteiger partial charge in [-0.2, -0.15) is 0 Å². The Balaban J connectivity index is 0.000000205. The van der Waals surface area contributed by atoms with Crippen LogP contribution < -0.4 is 21.9 Å². The van der Waals surface area contributed by atoms with Crippen molar-refractivity contribution in [3.05, 3.63) is 171 Å². The molecule has 0 bridgehead atoms. The molecule has 718 valence electrons. The van der Waals surface area contributed by atoms with Gasteiger partial charge in [-0.3, -0.25) is 54.2 Å². The summed E-state index contributed by atoms with van der Waals surface area (Å²) < 4.78 is 152. The molecule has 6 heterocycles. The second-order valence-electron chi connectivity index (χ2n) is 33.8. The van der Waals surface area contributed by atoms with Gasteiger partial charge in [0, 0.05) is 153 Å². The van der Waals surface area contributed by atoms with Gasteiger partial charge in [0.15, 0.2) is 74.0 Å². The van der Waals surface area contributed by atoms with Gasteiger partial charge in [0.05, 0.1) is 28.5 Å². The number of nitrogens with one attached hydrogen (secondary N) is 4. The highest BCUT2D eigenvalue weighted by Gasteiger charge is 2.52. The highest BCUT2D eigenvalue weighted by atomic mass is 32.2. The first kappa shape index (κ1) is 107. The highest BCUT2D eigenvalue weighted by Crippen LogP contribution is 2.37. The van der Waals surface area contributed by atoms with Crippen molar-refractivity contribution in [2.45, 2.75) is 212 Å². The van der Waals surface area contributed by atoms with E-state index in [1.165, 1.54) is 80.3 Å². The summed E-state index contributed by atoms with van der Waals surface area (Å²) in [4.78, 5) is 90.4. The Morgan fingerprint density at radius 1 is 0.436 bits per heavy atom. The molecule has 4 aromatic carbocycles. The van der Waals surface area contributed by atoms with E-state index in [9.17, 15) is 79.2 Å². The van der Waals surface area contributed by atoms with Crippen LogP contribution in [0.1, 0.15) is 207 Å². The van der Waals surface area contributed by atoms with E-state index in [0.29, 0.717) is 76.5 Å². The van der Waals surface area contributed by atoms with Crippen LogP contribution in [-0.2, 0) is 104 Å². The number of benzene rings is 4. The lowest BCUT2D eigenvalue weighted by atomic mass is 9.94. The molecule has 5 aliphatic heterocycles. The summed E-state index contributed by atoms with van der Waals surface area (Å²) in [5.41, 5.74) is 14.9. The Hall–Kier alpha value is -11.5. The number of aryl methyl sites for hydroxylation is 1. The number of pyridine rings is 1. The molecule has 10 atom stereocenters. The average Bonchev–Trinajstić information content (AvgIpc) is 1.79. The molecule has 133 heavy (non-hydrogen) atoms. The molecule has 43 heteroatoms. The van der Waals surface area contributed by atoms with E-state index >= 15 is 0 Å². The maximum absolute atomic E-state index is 14.5. The lowest BCUT2D eigenvalue weighted by Crippen LogP contribution is -2.51. The van der Waals surface area contributed by atoms with Gasteiger partial charge in [0.2, 0.25) is 0 Å². The number of sulfone groups is 5. The predicted octanol–water partition coefficient (Wildman–Crippen LogP) is 7.68. The van der Waals surface area contributed by atoms with Crippen molar-refractivity contribution >= 4 is 107 Å². The Morgan fingerprint density at radius 2 is 0.759 bits per heavy atom. The monoisotopic (exact) mass is 1940 g/mol. The Labute approximate surface area is 770 Å². The van der Waals surface area contributed by atoms with Crippen molar-refractivity contribution in [3.8, 4) is 47.4 Å². The largest absolute Gasteiger partial charge is 0.392 e. The number of rotatable bonds is 29. The van der Waals surface area contributed by atoms with Gasteiger partial charge < -0.3 is 29.3 Å². The maximum atomic E-state index is 14.5. The first-order chi connectivity index (χ1) is 62.4. The van der Waals surface area contributed by atoms with Crippen LogP contribution in [0.5, 0.6) is 0 Å². The molecule has 2 saturated carbocycles. The molecule has 0 radical (unpaired) electrons. The number of carbonyl (C=O) groups excluding carboxylic acids is 5. The first-order valence-electron chi connectivity index (χ1n) is 41.7. The summed E-state index contributed by atoms with van der Waals surface area (Å²) in [6.45, 7) is 8.64. The second kappa shape index (κ2) is 45.5. The van der Waals surface area contributed by atoms with Crippen molar-refractivity contribution < 1.29 is 129 Å². The maximum Gasteiger partial charge on any atom is 0.264 e. The number of aliphatic hydroxyl groups excluding tert-OH is 1. The molecule has 0 saturated heterocycles. The number of oxime groups is 5. The zero-order valence-electron chi connectivity index (χ0n) is 75.1. The van der Waals surface area contributed by atoms with Crippen LogP contribution in [0.15, 0.2) is 129 Å². The van der Waals surface area contributed by atoms with Gasteiger partial charge in [0.1, 0.15) is 65.9 Å². The quantitative estimate of drug-likeness (QED) is 0.0126. The molecule has 35 nitrogen and oxygen atoms in total. The molecule has 0 spiro atoms. The van der Waals surface area contributed by atoms with Crippen LogP contribution in [0.25, 0.3) is 0 Å². The third kappa shape index (κ3) is 27.9. The summed E-state index contributed by atoms with van der Waals surface area (Å²) in [6.07, 6.45) is 10.4. The SMILES string of the molecule is CC#Cc1ccc(C2=NOC(CC(C)(C(=O)NO)S(C)(=O)=O)C2)c(F)c1.CC(CC1CC(c2ccc(C#CC3CC3)cc2F)=NO1)(C(=O)NO)S(C)(=O)=O.CC(CC1CC(c2ccc(C#CC3CC3)cn2)=NO1)(C(=O)NO)S(C)(=O)=O.CCCc1ccc(C2=NO[C@@H](C[C@](C)(C(=O)NO)S(C)(=O)=O)C2)cc1.C[C@@](C[C@H]1CC(c2ccc(C#CCCF)cc2)=NO1)(C(=O)CO)S(C)(=O)=O. The topological polar surface area (TPSA) is 526 Å². The number of Topliss-reactive ketones (excluding diaryl/α,β-unsaturated/α-hetero) is 1. The van der Waals surface area contributed by atoms with Crippen molar-refractivity contribution in [3.63, 3.8) is 0 Å². The van der Waals surface area contributed by atoms with Crippen molar-refractivity contribution in [1.82, 2.24) is 26.9 Å². The lowest BCUT2D eigenvalue weighted by molar-refractivity contribution is -0.133. The summed E-state index contributed by atoms with van der Waals surface area (Å²) >= 11 is 0. The molecule has 2 fully saturated rings. The second-order valence-corrected chi connectivity index (χ2v) is 46.0. The smallest absolute Gasteiger partial charge is 0.264 e. The van der Waals surface area contributed by atoms with E-state index in [4.69, 9.17) is 50.1 Å². The van der Waals surface area contributed by atoms with Gasteiger partial charge in [-0.1, -0.05) is 117 Å². The molecule has 12 rings (SSSR count). The van der Waals surface area contributed by atoms with E-state index < -0.39 is 158 Å². The van der Waals surface area contributed by atoms with Crippen LogP contribution in [0.3, 0.4) is 0 Å². The number of alkyl halides is 1. The Bertz CT molecular complexity index is 6220. The number of halogens is 3. The minimum atomic E-state index is -3.86. The molecule has 7 aliphatic rings.